The first-order valence-electron chi connectivity index (χ1n) is 9.19. The summed E-state index contributed by atoms with van der Waals surface area (Å²) in [5.74, 6) is 1.23. The van der Waals surface area contributed by atoms with Crippen LogP contribution in [0.2, 0.25) is 10.0 Å². The van der Waals surface area contributed by atoms with Gasteiger partial charge in [-0.15, -0.1) is 0 Å². The molecular weight excluding hydrogens is 437 g/mol. The maximum atomic E-state index is 12.2. The number of aromatic amines is 1. The molecule has 2 aromatic rings. The second-order valence-corrected chi connectivity index (χ2v) is 8.66. The standard InChI is InChI=1S/C19H21Cl2N3O4S/c20-13-4-3-11(8-14(13)21)16(25)9-22-17(26)2-1-6-24-15-5-7-29-10-12(15)18(27)23-19(24)28/h3-4,8,16,25H,1-2,5-7,9-10H2,(H,22,26)(H,23,27,28). The maximum Gasteiger partial charge on any atom is 0.328 e. The molecule has 7 nitrogen and oxygen atoms in total. The minimum absolute atomic E-state index is 0.0437. The number of fused-ring (bicyclic) bond motifs is 1. The minimum atomic E-state index is -0.903. The highest BCUT2D eigenvalue weighted by Crippen LogP contribution is 2.25. The summed E-state index contributed by atoms with van der Waals surface area (Å²) in [6, 6.07) is 4.80. The number of halogens is 2. The Morgan fingerprint density at radius 1 is 1.31 bits per heavy atom. The normalized spacial score (nSPS) is 14.3. The number of rotatable bonds is 7. The van der Waals surface area contributed by atoms with Gasteiger partial charge in [-0.25, -0.2) is 4.79 Å². The monoisotopic (exact) mass is 457 g/mol. The zero-order valence-electron chi connectivity index (χ0n) is 15.5. The summed E-state index contributed by atoms with van der Waals surface area (Å²) in [5, 5.41) is 13.6. The predicted molar refractivity (Wildman–Crippen MR) is 115 cm³/mol. The largest absolute Gasteiger partial charge is 0.387 e. The Labute approximate surface area is 181 Å². The Morgan fingerprint density at radius 3 is 2.86 bits per heavy atom. The number of benzene rings is 1. The average Bonchev–Trinajstić information content (AvgIpc) is 2.70. The van der Waals surface area contributed by atoms with Gasteiger partial charge in [-0.05, 0) is 36.3 Å². The van der Waals surface area contributed by atoms with E-state index in [0.29, 0.717) is 46.3 Å². The van der Waals surface area contributed by atoms with Crippen molar-refractivity contribution < 1.29 is 9.90 Å². The number of aromatic nitrogens is 2. The van der Waals surface area contributed by atoms with Gasteiger partial charge in [0.05, 0.1) is 16.1 Å². The van der Waals surface area contributed by atoms with Gasteiger partial charge >= 0.3 is 5.69 Å². The molecule has 0 bridgehead atoms. The third kappa shape index (κ3) is 5.45. The van der Waals surface area contributed by atoms with Crippen LogP contribution in [-0.2, 0) is 23.5 Å². The van der Waals surface area contributed by atoms with Crippen molar-refractivity contribution in [3.8, 4) is 0 Å². The molecule has 156 valence electrons. The van der Waals surface area contributed by atoms with E-state index in [-0.39, 0.29) is 24.4 Å². The highest BCUT2D eigenvalue weighted by molar-refractivity contribution is 7.98. The molecular formula is C19H21Cl2N3O4S. The van der Waals surface area contributed by atoms with Crippen molar-refractivity contribution in [2.75, 3.05) is 12.3 Å². The number of nitrogens with zero attached hydrogens (tertiary/aromatic N) is 1. The van der Waals surface area contributed by atoms with Crippen molar-refractivity contribution in [3.63, 3.8) is 0 Å². The average molecular weight is 458 g/mol. The zero-order valence-corrected chi connectivity index (χ0v) is 17.9. The van der Waals surface area contributed by atoms with E-state index in [1.54, 1.807) is 34.5 Å². The van der Waals surface area contributed by atoms with Crippen LogP contribution in [0.1, 0.15) is 35.8 Å². The molecule has 1 aliphatic rings. The lowest BCUT2D eigenvalue weighted by Crippen LogP contribution is -2.37. The Kier molecular flexibility index (Phi) is 7.45. The second-order valence-electron chi connectivity index (χ2n) is 6.74. The van der Waals surface area contributed by atoms with E-state index in [2.05, 4.69) is 10.3 Å². The number of amides is 1. The first-order valence-corrected chi connectivity index (χ1v) is 11.1. The van der Waals surface area contributed by atoms with E-state index in [9.17, 15) is 19.5 Å². The summed E-state index contributed by atoms with van der Waals surface area (Å²) in [6.07, 6.45) is 0.407. The van der Waals surface area contributed by atoms with Crippen molar-refractivity contribution in [2.45, 2.75) is 37.7 Å². The van der Waals surface area contributed by atoms with Gasteiger partial charge in [-0.1, -0.05) is 29.3 Å². The van der Waals surface area contributed by atoms with Crippen molar-refractivity contribution in [1.82, 2.24) is 14.9 Å². The molecule has 29 heavy (non-hydrogen) atoms. The number of thioether (sulfide) groups is 1. The number of hydrogen-bond acceptors (Lipinski definition) is 5. The molecule has 0 radical (unpaired) electrons. The lowest BCUT2D eigenvalue weighted by Gasteiger charge is -2.19. The van der Waals surface area contributed by atoms with Gasteiger partial charge in [0, 0.05) is 36.5 Å². The summed E-state index contributed by atoms with van der Waals surface area (Å²) >= 11 is 13.5. The topological polar surface area (TPSA) is 104 Å². The Morgan fingerprint density at radius 2 is 2.10 bits per heavy atom. The van der Waals surface area contributed by atoms with Gasteiger partial charge in [0.2, 0.25) is 5.91 Å². The lowest BCUT2D eigenvalue weighted by molar-refractivity contribution is -0.121. The van der Waals surface area contributed by atoms with Gasteiger partial charge in [0.1, 0.15) is 0 Å². The number of hydrogen-bond donors (Lipinski definition) is 3. The van der Waals surface area contributed by atoms with Crippen molar-refractivity contribution >= 4 is 40.9 Å². The molecule has 0 saturated heterocycles. The summed E-state index contributed by atoms with van der Waals surface area (Å²) in [5.41, 5.74) is 1.23. The van der Waals surface area contributed by atoms with Crippen molar-refractivity contribution in [2.24, 2.45) is 0 Å². The molecule has 10 heteroatoms. The Hall–Kier alpha value is -1.74. The first kappa shape index (κ1) is 22.0. The highest BCUT2D eigenvalue weighted by atomic mass is 35.5. The fraction of sp³-hybridized carbons (Fsp3) is 0.421. The van der Waals surface area contributed by atoms with Crippen molar-refractivity contribution in [1.29, 1.82) is 0 Å². The van der Waals surface area contributed by atoms with Gasteiger partial charge in [0.15, 0.2) is 0 Å². The third-order valence-corrected chi connectivity index (χ3v) is 6.47. The summed E-state index contributed by atoms with van der Waals surface area (Å²) in [4.78, 5) is 38.6. The molecule has 2 heterocycles. The van der Waals surface area contributed by atoms with Gasteiger partial charge in [-0.3, -0.25) is 19.1 Å². The molecule has 1 aliphatic heterocycles. The van der Waals surface area contributed by atoms with E-state index in [1.807, 2.05) is 0 Å². The number of carbonyl (C=O) groups is 1. The summed E-state index contributed by atoms with van der Waals surface area (Å²) in [6.45, 7) is 0.396. The van der Waals surface area contributed by atoms with Crippen LogP contribution in [0.5, 0.6) is 0 Å². The molecule has 3 N–H and O–H groups in total. The third-order valence-electron chi connectivity index (χ3n) is 4.75. The van der Waals surface area contributed by atoms with Crippen LogP contribution >= 0.6 is 35.0 Å². The fourth-order valence-corrected chi connectivity index (χ4v) is 4.50. The van der Waals surface area contributed by atoms with Crippen LogP contribution in [0.25, 0.3) is 0 Å². The number of H-pyrrole nitrogens is 1. The van der Waals surface area contributed by atoms with Crippen molar-refractivity contribution in [3.05, 3.63) is 65.9 Å². The zero-order chi connectivity index (χ0) is 21.0. The van der Waals surface area contributed by atoms with E-state index in [4.69, 9.17) is 23.2 Å². The quantitative estimate of drug-likeness (QED) is 0.591. The molecule has 0 fully saturated rings. The number of carbonyl (C=O) groups excluding carboxylic acids is 1. The van der Waals surface area contributed by atoms with Gasteiger partial charge < -0.3 is 10.4 Å². The molecule has 1 aromatic heterocycles. The number of aliphatic hydroxyl groups excluding tert-OH is 1. The van der Waals surface area contributed by atoms with Gasteiger partial charge in [0.25, 0.3) is 5.56 Å². The summed E-state index contributed by atoms with van der Waals surface area (Å²) < 4.78 is 1.56. The summed E-state index contributed by atoms with van der Waals surface area (Å²) in [7, 11) is 0. The molecule has 0 saturated carbocycles. The SMILES string of the molecule is O=C(CCCn1c2c(c(=O)[nH]c1=O)CSCC2)NCC(O)c1ccc(Cl)c(Cl)c1. The van der Waals surface area contributed by atoms with Crippen LogP contribution in [0.15, 0.2) is 27.8 Å². The van der Waals surface area contributed by atoms with Crippen LogP contribution in [0.3, 0.4) is 0 Å². The van der Waals surface area contributed by atoms with E-state index < -0.39 is 11.8 Å². The fourth-order valence-electron chi connectivity index (χ4n) is 3.20. The highest BCUT2D eigenvalue weighted by Gasteiger charge is 2.18. The smallest absolute Gasteiger partial charge is 0.328 e. The predicted octanol–water partition coefficient (Wildman–Crippen LogP) is 2.26. The van der Waals surface area contributed by atoms with Gasteiger partial charge in [-0.2, -0.15) is 11.8 Å². The molecule has 1 atom stereocenters. The minimum Gasteiger partial charge on any atom is -0.387 e. The van der Waals surface area contributed by atoms with E-state index in [1.165, 1.54) is 0 Å². The first-order chi connectivity index (χ1) is 13.9. The lowest BCUT2D eigenvalue weighted by atomic mass is 10.1. The van der Waals surface area contributed by atoms with Crippen LogP contribution < -0.4 is 16.6 Å². The Bertz CT molecular complexity index is 1020. The molecule has 3 rings (SSSR count). The number of nitrogens with one attached hydrogen (secondary N) is 2. The van der Waals surface area contributed by atoms with Crippen LogP contribution in [0, 0.1) is 0 Å². The molecule has 1 amide bonds. The molecule has 0 spiro atoms. The van der Waals surface area contributed by atoms with E-state index in [0.717, 1.165) is 11.4 Å². The van der Waals surface area contributed by atoms with Crippen LogP contribution in [-0.4, -0.2) is 32.9 Å². The second kappa shape index (κ2) is 9.84. The molecule has 0 aliphatic carbocycles. The van der Waals surface area contributed by atoms with Crippen LogP contribution in [0.4, 0.5) is 0 Å². The number of aliphatic hydroxyl groups is 1. The molecule has 1 unspecified atom stereocenters. The van der Waals surface area contributed by atoms with E-state index >= 15 is 0 Å². The Balaban J connectivity index is 1.52. The maximum absolute atomic E-state index is 12.2. The molecule has 1 aromatic carbocycles.